The topological polar surface area (TPSA) is 109 Å². The van der Waals surface area contributed by atoms with E-state index in [1.807, 2.05) is 0 Å². The molecule has 0 radical (unpaired) electrons. The van der Waals surface area contributed by atoms with Gasteiger partial charge >= 0.3 is 5.97 Å². The Morgan fingerprint density at radius 1 is 1.48 bits per heavy atom. The van der Waals surface area contributed by atoms with Crippen LogP contribution in [0.5, 0.6) is 11.5 Å². The number of carbonyl (C=O) groups excluding carboxylic acids is 1. The summed E-state index contributed by atoms with van der Waals surface area (Å²) in [5, 5.41) is 10.7. The van der Waals surface area contributed by atoms with Crippen LogP contribution in [0, 0.1) is 10.1 Å². The summed E-state index contributed by atoms with van der Waals surface area (Å²) >= 11 is 0. The van der Waals surface area contributed by atoms with Gasteiger partial charge in [0.2, 0.25) is 13.3 Å². The predicted octanol–water partition coefficient (Wildman–Crippen LogP) is 0.427. The number of rotatable bonds is 7. The zero-order chi connectivity index (χ0) is 15.2. The smallest absolute Gasteiger partial charge is 0.333 e. The van der Waals surface area contributed by atoms with Crippen LogP contribution in [0.3, 0.4) is 0 Å². The minimum Gasteiger partial charge on any atom is -0.467 e. The second kappa shape index (κ2) is 6.86. The van der Waals surface area contributed by atoms with E-state index >= 15 is 0 Å². The minimum absolute atomic E-state index is 0.116. The number of esters is 1. The highest BCUT2D eigenvalue weighted by Crippen LogP contribution is 2.34. The summed E-state index contributed by atoms with van der Waals surface area (Å²) in [7, 11) is 1.22. The summed E-state index contributed by atoms with van der Waals surface area (Å²) < 4.78 is 14.8. The van der Waals surface area contributed by atoms with Crippen LogP contribution in [-0.4, -0.2) is 37.9 Å². The Bertz CT molecular complexity index is 534. The SMILES string of the molecule is COC(=O)CONC(C[N+](=O)[O-])c1ccc2c(c1)OCO2. The minimum atomic E-state index is -0.737. The molecule has 1 aromatic carbocycles. The molecule has 0 saturated heterocycles. The van der Waals surface area contributed by atoms with Crippen LogP contribution >= 0.6 is 0 Å². The third-order valence-electron chi connectivity index (χ3n) is 2.77. The molecule has 1 N–H and O–H groups in total. The number of nitro groups is 1. The van der Waals surface area contributed by atoms with Crippen LogP contribution in [0.1, 0.15) is 11.6 Å². The summed E-state index contributed by atoms with van der Waals surface area (Å²) in [6, 6.07) is 4.22. The van der Waals surface area contributed by atoms with Gasteiger partial charge in [-0.2, -0.15) is 5.48 Å². The Morgan fingerprint density at radius 3 is 2.95 bits per heavy atom. The second-order valence-electron chi connectivity index (χ2n) is 4.16. The number of hydroxylamine groups is 1. The van der Waals surface area contributed by atoms with Crippen LogP contribution < -0.4 is 15.0 Å². The first-order valence-corrected chi connectivity index (χ1v) is 6.05. The lowest BCUT2D eigenvalue weighted by atomic mass is 10.1. The van der Waals surface area contributed by atoms with Crippen molar-refractivity contribution < 1.29 is 28.8 Å². The van der Waals surface area contributed by atoms with Crippen LogP contribution in [0.2, 0.25) is 0 Å². The Labute approximate surface area is 119 Å². The average Bonchev–Trinajstić information content (AvgIpc) is 2.92. The van der Waals surface area contributed by atoms with Gasteiger partial charge in [-0.25, -0.2) is 4.79 Å². The average molecular weight is 298 g/mol. The molecule has 1 aliphatic rings. The van der Waals surface area contributed by atoms with E-state index in [9.17, 15) is 14.9 Å². The zero-order valence-corrected chi connectivity index (χ0v) is 11.2. The van der Waals surface area contributed by atoms with Crippen LogP contribution in [-0.2, 0) is 14.4 Å². The maximum absolute atomic E-state index is 10.9. The first-order valence-electron chi connectivity index (χ1n) is 6.05. The zero-order valence-electron chi connectivity index (χ0n) is 11.2. The number of hydrogen-bond acceptors (Lipinski definition) is 8. The van der Waals surface area contributed by atoms with Gasteiger partial charge in [-0.1, -0.05) is 6.07 Å². The fourth-order valence-electron chi connectivity index (χ4n) is 1.75. The highest BCUT2D eigenvalue weighted by Gasteiger charge is 2.22. The molecule has 0 aromatic heterocycles. The number of nitrogens with zero attached hydrogens (tertiary/aromatic N) is 1. The van der Waals surface area contributed by atoms with Gasteiger partial charge in [-0.3, -0.25) is 15.0 Å². The van der Waals surface area contributed by atoms with Crippen molar-refractivity contribution in [2.45, 2.75) is 6.04 Å². The van der Waals surface area contributed by atoms with E-state index < -0.39 is 23.5 Å². The largest absolute Gasteiger partial charge is 0.467 e. The number of ether oxygens (including phenoxy) is 3. The van der Waals surface area contributed by atoms with E-state index in [1.165, 1.54) is 7.11 Å². The summed E-state index contributed by atoms with van der Waals surface area (Å²) in [5.41, 5.74) is 3.07. The second-order valence-corrected chi connectivity index (χ2v) is 4.16. The number of carbonyl (C=O) groups is 1. The van der Waals surface area contributed by atoms with E-state index in [0.717, 1.165) is 0 Å². The molecule has 1 atom stereocenters. The Balaban J connectivity index is 2.04. The fourth-order valence-corrected chi connectivity index (χ4v) is 1.75. The summed E-state index contributed by atoms with van der Waals surface area (Å²) in [4.78, 5) is 26.1. The summed E-state index contributed by atoms with van der Waals surface area (Å²) in [5.74, 6) is 0.498. The predicted molar refractivity (Wildman–Crippen MR) is 68.3 cm³/mol. The molecule has 0 fully saturated rings. The molecule has 1 aliphatic heterocycles. The summed E-state index contributed by atoms with van der Waals surface area (Å²) in [6.07, 6.45) is 0. The highest BCUT2D eigenvalue weighted by atomic mass is 16.7. The molecule has 114 valence electrons. The van der Waals surface area contributed by atoms with E-state index in [2.05, 4.69) is 10.2 Å². The Hall–Kier alpha value is -2.39. The lowest BCUT2D eigenvalue weighted by Crippen LogP contribution is -2.30. The van der Waals surface area contributed by atoms with Crippen molar-refractivity contribution in [3.05, 3.63) is 33.9 Å². The molecule has 9 nitrogen and oxygen atoms in total. The molecule has 1 heterocycles. The van der Waals surface area contributed by atoms with Crippen LogP contribution in [0.25, 0.3) is 0 Å². The monoisotopic (exact) mass is 298 g/mol. The third kappa shape index (κ3) is 4.04. The van der Waals surface area contributed by atoms with Gasteiger partial charge in [0.15, 0.2) is 18.1 Å². The number of benzene rings is 1. The van der Waals surface area contributed by atoms with Crippen LogP contribution in [0.15, 0.2) is 18.2 Å². The third-order valence-corrected chi connectivity index (χ3v) is 2.77. The van der Waals surface area contributed by atoms with Gasteiger partial charge in [-0.05, 0) is 17.7 Å². The van der Waals surface area contributed by atoms with Crippen molar-refractivity contribution in [1.29, 1.82) is 0 Å². The molecule has 1 unspecified atom stereocenters. The Morgan fingerprint density at radius 2 is 2.24 bits per heavy atom. The van der Waals surface area contributed by atoms with Gasteiger partial charge in [0.05, 0.1) is 7.11 Å². The molecule has 0 aliphatic carbocycles. The van der Waals surface area contributed by atoms with E-state index in [0.29, 0.717) is 17.1 Å². The standard InChI is InChI=1S/C12H14N2O7/c1-18-12(15)6-21-13-9(5-14(16)17)8-2-3-10-11(4-8)20-7-19-10/h2-4,9,13H,5-7H2,1H3. The molecular formula is C12H14N2O7. The lowest BCUT2D eigenvalue weighted by molar-refractivity contribution is -0.486. The molecular weight excluding hydrogens is 284 g/mol. The molecule has 21 heavy (non-hydrogen) atoms. The fraction of sp³-hybridized carbons (Fsp3) is 0.417. The van der Waals surface area contributed by atoms with Gasteiger partial charge < -0.3 is 14.2 Å². The highest BCUT2D eigenvalue weighted by molar-refractivity contribution is 5.70. The van der Waals surface area contributed by atoms with Crippen molar-refractivity contribution >= 4 is 5.97 Å². The number of hydrogen-bond donors (Lipinski definition) is 1. The van der Waals surface area contributed by atoms with Crippen molar-refractivity contribution in [3.8, 4) is 11.5 Å². The molecule has 0 saturated carbocycles. The van der Waals surface area contributed by atoms with E-state index in [4.69, 9.17) is 14.3 Å². The molecule has 0 spiro atoms. The molecule has 9 heteroatoms. The van der Waals surface area contributed by atoms with Crippen molar-refractivity contribution in [2.24, 2.45) is 0 Å². The maximum atomic E-state index is 10.9. The molecule has 0 bridgehead atoms. The van der Waals surface area contributed by atoms with E-state index in [-0.39, 0.29) is 13.4 Å². The molecule has 0 amide bonds. The molecule has 2 rings (SSSR count). The number of methoxy groups -OCH3 is 1. The van der Waals surface area contributed by atoms with Gasteiger partial charge in [-0.15, -0.1) is 0 Å². The van der Waals surface area contributed by atoms with E-state index in [1.54, 1.807) is 18.2 Å². The quantitative estimate of drug-likeness (QED) is 0.438. The van der Waals surface area contributed by atoms with Gasteiger partial charge in [0, 0.05) is 4.92 Å². The molecule has 1 aromatic rings. The lowest BCUT2D eigenvalue weighted by Gasteiger charge is -2.15. The van der Waals surface area contributed by atoms with Crippen LogP contribution in [0.4, 0.5) is 0 Å². The van der Waals surface area contributed by atoms with Crippen molar-refractivity contribution in [3.63, 3.8) is 0 Å². The normalized spacial score (nSPS) is 13.8. The van der Waals surface area contributed by atoms with Gasteiger partial charge in [0.25, 0.3) is 0 Å². The summed E-state index contributed by atoms with van der Waals surface area (Å²) in [6.45, 7) is -0.652. The Kier molecular flexibility index (Phi) is 4.90. The van der Waals surface area contributed by atoms with Crippen molar-refractivity contribution in [2.75, 3.05) is 27.1 Å². The first-order chi connectivity index (χ1) is 10.1. The first kappa shape index (κ1) is 15.0. The van der Waals surface area contributed by atoms with Crippen molar-refractivity contribution in [1.82, 2.24) is 5.48 Å². The number of fused-ring (bicyclic) bond motifs is 1. The van der Waals surface area contributed by atoms with Gasteiger partial charge in [0.1, 0.15) is 6.04 Å². The number of nitrogens with one attached hydrogen (secondary N) is 1. The maximum Gasteiger partial charge on any atom is 0.333 e.